The zero-order valence-corrected chi connectivity index (χ0v) is 6.42. The number of benzene rings is 1. The summed E-state index contributed by atoms with van der Waals surface area (Å²) >= 11 is 0. The summed E-state index contributed by atoms with van der Waals surface area (Å²) in [5.74, 6) is -1.18. The maximum absolute atomic E-state index is 13.0. The van der Waals surface area contributed by atoms with Gasteiger partial charge in [0.2, 0.25) is 0 Å². The minimum atomic E-state index is -0.746. The number of aliphatic hydroxyl groups is 1. The molecule has 0 aliphatic heterocycles. The van der Waals surface area contributed by atoms with Crippen molar-refractivity contribution >= 4 is 0 Å². The van der Waals surface area contributed by atoms with Crippen LogP contribution < -0.4 is 5.73 Å². The molecule has 0 heterocycles. The molecule has 0 aromatic heterocycles. The first-order valence-corrected chi connectivity index (χ1v) is 3.50. The van der Waals surface area contributed by atoms with Crippen molar-refractivity contribution in [1.82, 2.24) is 0 Å². The lowest BCUT2D eigenvalue weighted by Gasteiger charge is -2.06. The standard InChI is InChI=1S/C8H10FNO2/c9-8-6(3-10)5(4-11)1-2-7(8)12/h1-2,11-12H,3-4,10H2. The van der Waals surface area contributed by atoms with Crippen LogP contribution in [0.15, 0.2) is 12.1 Å². The zero-order valence-electron chi connectivity index (χ0n) is 6.42. The van der Waals surface area contributed by atoms with E-state index in [2.05, 4.69) is 0 Å². The summed E-state index contributed by atoms with van der Waals surface area (Å²) < 4.78 is 13.0. The number of hydrogen-bond donors (Lipinski definition) is 3. The normalized spacial score (nSPS) is 10.2. The van der Waals surface area contributed by atoms with Crippen LogP contribution in [-0.4, -0.2) is 10.2 Å². The quantitative estimate of drug-likeness (QED) is 0.606. The fraction of sp³-hybridized carbons (Fsp3) is 0.250. The molecule has 0 aliphatic carbocycles. The summed E-state index contributed by atoms with van der Waals surface area (Å²) in [6, 6.07) is 2.64. The molecule has 0 radical (unpaired) electrons. The Balaban J connectivity index is 3.25. The Kier molecular flexibility index (Phi) is 2.62. The van der Waals surface area contributed by atoms with E-state index in [1.165, 1.54) is 12.1 Å². The average molecular weight is 171 g/mol. The lowest BCUT2D eigenvalue weighted by molar-refractivity contribution is 0.279. The third-order valence-electron chi connectivity index (χ3n) is 1.69. The molecule has 0 saturated carbocycles. The molecular formula is C8H10FNO2. The lowest BCUT2D eigenvalue weighted by Crippen LogP contribution is -2.04. The summed E-state index contributed by atoms with van der Waals surface area (Å²) in [5.41, 5.74) is 5.81. The Labute approximate surface area is 69.3 Å². The van der Waals surface area contributed by atoms with Gasteiger partial charge in [-0.1, -0.05) is 6.07 Å². The van der Waals surface area contributed by atoms with Crippen LogP contribution >= 0.6 is 0 Å². The molecule has 0 amide bonds. The Morgan fingerprint density at radius 3 is 2.58 bits per heavy atom. The molecule has 1 rings (SSSR count). The molecular weight excluding hydrogens is 161 g/mol. The molecule has 1 aromatic carbocycles. The van der Waals surface area contributed by atoms with Gasteiger partial charge in [-0.3, -0.25) is 0 Å². The number of phenols is 1. The van der Waals surface area contributed by atoms with Crippen LogP contribution in [-0.2, 0) is 13.2 Å². The van der Waals surface area contributed by atoms with Crippen LogP contribution in [0.5, 0.6) is 5.75 Å². The van der Waals surface area contributed by atoms with Gasteiger partial charge in [-0.25, -0.2) is 4.39 Å². The summed E-state index contributed by atoms with van der Waals surface area (Å²) in [6.45, 7) is -0.306. The number of hydrogen-bond acceptors (Lipinski definition) is 3. The van der Waals surface area contributed by atoms with E-state index in [1.54, 1.807) is 0 Å². The Bertz CT molecular complexity index is 289. The van der Waals surface area contributed by atoms with E-state index >= 15 is 0 Å². The maximum Gasteiger partial charge on any atom is 0.169 e. The van der Waals surface area contributed by atoms with Gasteiger partial charge in [0, 0.05) is 12.1 Å². The van der Waals surface area contributed by atoms with Gasteiger partial charge >= 0.3 is 0 Å². The van der Waals surface area contributed by atoms with E-state index in [1.807, 2.05) is 0 Å². The van der Waals surface area contributed by atoms with E-state index < -0.39 is 11.6 Å². The minimum Gasteiger partial charge on any atom is -0.505 e. The summed E-state index contributed by atoms with van der Waals surface area (Å²) in [6.07, 6.45) is 0. The topological polar surface area (TPSA) is 66.5 Å². The van der Waals surface area contributed by atoms with Crippen LogP contribution in [0.1, 0.15) is 11.1 Å². The van der Waals surface area contributed by atoms with Crippen molar-refractivity contribution in [1.29, 1.82) is 0 Å². The van der Waals surface area contributed by atoms with E-state index in [9.17, 15) is 4.39 Å². The number of halogens is 1. The molecule has 1 aromatic rings. The van der Waals surface area contributed by atoms with Gasteiger partial charge in [0.05, 0.1) is 6.61 Å². The van der Waals surface area contributed by atoms with E-state index in [0.29, 0.717) is 5.56 Å². The van der Waals surface area contributed by atoms with Gasteiger partial charge in [0.15, 0.2) is 11.6 Å². The first-order valence-electron chi connectivity index (χ1n) is 3.50. The fourth-order valence-electron chi connectivity index (χ4n) is 1.02. The fourth-order valence-corrected chi connectivity index (χ4v) is 1.02. The second-order valence-electron chi connectivity index (χ2n) is 2.40. The highest BCUT2D eigenvalue weighted by Crippen LogP contribution is 2.22. The second-order valence-corrected chi connectivity index (χ2v) is 2.40. The van der Waals surface area contributed by atoms with Crippen LogP contribution in [0.4, 0.5) is 4.39 Å². The molecule has 0 fully saturated rings. The Morgan fingerprint density at radius 2 is 2.08 bits per heavy atom. The smallest absolute Gasteiger partial charge is 0.169 e. The van der Waals surface area contributed by atoms with Gasteiger partial charge < -0.3 is 15.9 Å². The number of phenolic OH excluding ortho intramolecular Hbond substituents is 1. The molecule has 0 bridgehead atoms. The molecule has 4 N–H and O–H groups in total. The summed E-state index contributed by atoms with van der Waals surface area (Å²) in [5, 5.41) is 17.7. The first-order chi connectivity index (χ1) is 5.70. The van der Waals surface area contributed by atoms with Crippen LogP contribution in [0.25, 0.3) is 0 Å². The highest BCUT2D eigenvalue weighted by molar-refractivity contribution is 5.36. The molecule has 3 nitrogen and oxygen atoms in total. The van der Waals surface area contributed by atoms with Gasteiger partial charge in [0.1, 0.15) is 0 Å². The second kappa shape index (κ2) is 3.51. The van der Waals surface area contributed by atoms with Gasteiger partial charge in [0.25, 0.3) is 0 Å². The lowest BCUT2D eigenvalue weighted by atomic mass is 10.1. The third-order valence-corrected chi connectivity index (χ3v) is 1.69. The highest BCUT2D eigenvalue weighted by Gasteiger charge is 2.10. The molecule has 0 aliphatic rings. The minimum absolute atomic E-state index is 0.0316. The first kappa shape index (κ1) is 8.96. The SMILES string of the molecule is NCc1c(CO)ccc(O)c1F. The van der Waals surface area contributed by atoms with Crippen molar-refractivity contribution in [3.05, 3.63) is 29.1 Å². The number of aromatic hydroxyl groups is 1. The van der Waals surface area contributed by atoms with Crippen molar-refractivity contribution in [2.75, 3.05) is 0 Å². The van der Waals surface area contributed by atoms with Crippen LogP contribution in [0, 0.1) is 5.82 Å². The summed E-state index contributed by atoms with van der Waals surface area (Å²) in [7, 11) is 0. The monoisotopic (exact) mass is 171 g/mol. The summed E-state index contributed by atoms with van der Waals surface area (Å²) in [4.78, 5) is 0. The van der Waals surface area contributed by atoms with Crippen molar-refractivity contribution in [2.24, 2.45) is 5.73 Å². The van der Waals surface area contributed by atoms with Crippen LogP contribution in [0.2, 0.25) is 0 Å². The van der Waals surface area contributed by atoms with E-state index in [-0.39, 0.29) is 18.7 Å². The molecule has 66 valence electrons. The molecule has 0 unspecified atom stereocenters. The molecule has 0 atom stereocenters. The number of aliphatic hydroxyl groups excluding tert-OH is 1. The Morgan fingerprint density at radius 1 is 1.42 bits per heavy atom. The third kappa shape index (κ3) is 1.39. The number of rotatable bonds is 2. The average Bonchev–Trinajstić information content (AvgIpc) is 2.09. The molecule has 0 saturated heterocycles. The highest BCUT2D eigenvalue weighted by atomic mass is 19.1. The van der Waals surface area contributed by atoms with Gasteiger partial charge in [-0.05, 0) is 11.6 Å². The molecule has 0 spiro atoms. The van der Waals surface area contributed by atoms with Gasteiger partial charge in [-0.15, -0.1) is 0 Å². The molecule has 12 heavy (non-hydrogen) atoms. The predicted molar refractivity (Wildman–Crippen MR) is 41.9 cm³/mol. The van der Waals surface area contributed by atoms with Crippen molar-refractivity contribution in [3.8, 4) is 5.75 Å². The van der Waals surface area contributed by atoms with Gasteiger partial charge in [-0.2, -0.15) is 0 Å². The maximum atomic E-state index is 13.0. The van der Waals surface area contributed by atoms with E-state index in [4.69, 9.17) is 15.9 Å². The van der Waals surface area contributed by atoms with Crippen molar-refractivity contribution < 1.29 is 14.6 Å². The predicted octanol–water partition coefficient (Wildman–Crippen LogP) is 0.482. The Hall–Kier alpha value is -1.13. The number of nitrogens with two attached hydrogens (primary N) is 1. The van der Waals surface area contributed by atoms with E-state index in [0.717, 1.165) is 0 Å². The van der Waals surface area contributed by atoms with Crippen LogP contribution in [0.3, 0.4) is 0 Å². The largest absolute Gasteiger partial charge is 0.505 e. The van der Waals surface area contributed by atoms with Crippen molar-refractivity contribution in [3.63, 3.8) is 0 Å². The zero-order chi connectivity index (χ0) is 9.14. The van der Waals surface area contributed by atoms with Crippen molar-refractivity contribution in [2.45, 2.75) is 13.2 Å². The molecule has 4 heteroatoms.